The quantitative estimate of drug-likeness (QED) is 0.886. The van der Waals surface area contributed by atoms with Crippen LogP contribution in [0.15, 0.2) is 23.1 Å². The summed E-state index contributed by atoms with van der Waals surface area (Å²) in [6.45, 7) is 3.96. The lowest BCUT2D eigenvalue weighted by Crippen LogP contribution is -2.16. The summed E-state index contributed by atoms with van der Waals surface area (Å²) >= 11 is 0. The third-order valence-electron chi connectivity index (χ3n) is 2.77. The van der Waals surface area contributed by atoms with Crippen LogP contribution in [0, 0.1) is 0 Å². The van der Waals surface area contributed by atoms with E-state index >= 15 is 0 Å². The maximum atomic E-state index is 12.0. The van der Waals surface area contributed by atoms with E-state index in [0.717, 1.165) is 29.9 Å². The third-order valence-corrected chi connectivity index (χ3v) is 2.77. The van der Waals surface area contributed by atoms with Gasteiger partial charge in [-0.1, -0.05) is 19.0 Å². The number of aryl methyl sites for hydroxylation is 2. The molecule has 19 heavy (non-hydrogen) atoms. The van der Waals surface area contributed by atoms with Gasteiger partial charge in [0.15, 0.2) is 5.82 Å². The summed E-state index contributed by atoms with van der Waals surface area (Å²) in [7, 11) is 0. The van der Waals surface area contributed by atoms with Crippen LogP contribution in [0.25, 0.3) is 0 Å². The molecule has 0 spiro atoms. The van der Waals surface area contributed by atoms with Gasteiger partial charge in [0.05, 0.1) is 18.3 Å². The van der Waals surface area contributed by atoms with Gasteiger partial charge in [-0.2, -0.15) is 0 Å². The van der Waals surface area contributed by atoms with Gasteiger partial charge in [0.25, 0.3) is 0 Å². The smallest absolute Gasteiger partial charge is 0.230 e. The molecular weight excluding hydrogens is 244 g/mol. The number of rotatable bonds is 5. The van der Waals surface area contributed by atoms with E-state index in [1.165, 1.54) is 12.4 Å². The van der Waals surface area contributed by atoms with Crippen molar-refractivity contribution in [3.8, 4) is 0 Å². The predicted octanol–water partition coefficient (Wildman–Crippen LogP) is 1.77. The Hall–Kier alpha value is -2.24. The zero-order valence-corrected chi connectivity index (χ0v) is 11.0. The van der Waals surface area contributed by atoms with Crippen LogP contribution < -0.4 is 5.32 Å². The highest BCUT2D eigenvalue weighted by Gasteiger charge is 2.16. The zero-order chi connectivity index (χ0) is 13.7. The normalized spacial score (nSPS) is 10.4. The number of hydrogen-bond donors (Lipinski definition) is 1. The van der Waals surface area contributed by atoms with Crippen molar-refractivity contribution in [1.29, 1.82) is 0 Å². The number of anilines is 1. The van der Waals surface area contributed by atoms with Crippen LogP contribution in [0.5, 0.6) is 0 Å². The lowest BCUT2D eigenvalue weighted by atomic mass is 10.1. The maximum Gasteiger partial charge on any atom is 0.230 e. The summed E-state index contributed by atoms with van der Waals surface area (Å²) in [5, 5.41) is 6.68. The fourth-order valence-electron chi connectivity index (χ4n) is 1.85. The van der Waals surface area contributed by atoms with Gasteiger partial charge in [0.2, 0.25) is 5.91 Å². The van der Waals surface area contributed by atoms with E-state index in [9.17, 15) is 4.79 Å². The minimum atomic E-state index is -0.145. The number of carbonyl (C=O) groups is 1. The van der Waals surface area contributed by atoms with Gasteiger partial charge >= 0.3 is 0 Å². The molecule has 0 aromatic carbocycles. The molecule has 0 aliphatic carbocycles. The second-order valence-corrected chi connectivity index (χ2v) is 4.05. The first kappa shape index (κ1) is 13.2. The average molecular weight is 260 g/mol. The topological polar surface area (TPSA) is 80.9 Å². The Morgan fingerprint density at radius 1 is 1.32 bits per heavy atom. The highest BCUT2D eigenvalue weighted by atomic mass is 16.5. The highest BCUT2D eigenvalue weighted by Crippen LogP contribution is 2.17. The molecule has 6 heteroatoms. The van der Waals surface area contributed by atoms with Crippen molar-refractivity contribution in [2.24, 2.45) is 0 Å². The van der Waals surface area contributed by atoms with Crippen molar-refractivity contribution in [3.05, 3.63) is 35.6 Å². The number of hydrogen-bond acceptors (Lipinski definition) is 5. The van der Waals surface area contributed by atoms with Crippen molar-refractivity contribution < 1.29 is 9.32 Å². The van der Waals surface area contributed by atoms with Crippen LogP contribution in [-0.4, -0.2) is 21.0 Å². The van der Waals surface area contributed by atoms with E-state index in [1.54, 1.807) is 6.20 Å². The van der Waals surface area contributed by atoms with Crippen molar-refractivity contribution in [2.45, 2.75) is 33.1 Å². The largest absolute Gasteiger partial charge is 0.361 e. The van der Waals surface area contributed by atoms with Crippen molar-refractivity contribution >= 4 is 11.7 Å². The molecular formula is C13H16N4O2. The molecule has 2 aromatic heterocycles. The molecule has 6 nitrogen and oxygen atoms in total. The Morgan fingerprint density at radius 3 is 2.79 bits per heavy atom. The average Bonchev–Trinajstić information content (AvgIpc) is 2.81. The Kier molecular flexibility index (Phi) is 4.22. The number of nitrogens with one attached hydrogen (secondary N) is 1. The molecule has 0 aliphatic heterocycles. The Morgan fingerprint density at radius 2 is 2.16 bits per heavy atom. The summed E-state index contributed by atoms with van der Waals surface area (Å²) in [6.07, 6.45) is 6.31. The van der Waals surface area contributed by atoms with Crippen molar-refractivity contribution in [2.75, 3.05) is 5.32 Å². The molecule has 0 bridgehead atoms. The molecule has 1 amide bonds. The monoisotopic (exact) mass is 260 g/mol. The summed E-state index contributed by atoms with van der Waals surface area (Å²) in [5.41, 5.74) is 1.72. The first-order valence-corrected chi connectivity index (χ1v) is 6.26. The second kappa shape index (κ2) is 6.08. The summed E-state index contributed by atoms with van der Waals surface area (Å²) in [4.78, 5) is 19.9. The third kappa shape index (κ3) is 3.15. The molecule has 0 aliphatic rings. The standard InChI is InChI=1S/C13H16N4O2/c1-3-10-9(11(4-2)19-17-10)7-13(18)16-12-8-14-5-6-15-12/h5-6,8H,3-4,7H2,1-2H3,(H,15,16,18). The minimum absolute atomic E-state index is 0.145. The fraction of sp³-hybridized carbons (Fsp3) is 0.385. The van der Waals surface area contributed by atoms with Gasteiger partial charge in [-0.05, 0) is 6.42 Å². The number of aromatic nitrogens is 3. The molecule has 2 rings (SSSR count). The van der Waals surface area contributed by atoms with Gasteiger partial charge in [0.1, 0.15) is 5.76 Å². The number of amides is 1. The van der Waals surface area contributed by atoms with Crippen LogP contribution >= 0.6 is 0 Å². The lowest BCUT2D eigenvalue weighted by Gasteiger charge is -2.04. The van der Waals surface area contributed by atoms with Crippen molar-refractivity contribution in [1.82, 2.24) is 15.1 Å². The first-order valence-electron chi connectivity index (χ1n) is 6.26. The van der Waals surface area contributed by atoms with Gasteiger partial charge in [0, 0.05) is 24.4 Å². The highest BCUT2D eigenvalue weighted by molar-refractivity contribution is 5.91. The van der Waals surface area contributed by atoms with Gasteiger partial charge in [-0.15, -0.1) is 0 Å². The molecule has 0 saturated heterocycles. The molecule has 0 saturated carbocycles. The van der Waals surface area contributed by atoms with Crippen molar-refractivity contribution in [3.63, 3.8) is 0 Å². The minimum Gasteiger partial charge on any atom is -0.361 e. The van der Waals surface area contributed by atoms with E-state index in [2.05, 4.69) is 20.4 Å². The van der Waals surface area contributed by atoms with E-state index in [1.807, 2.05) is 13.8 Å². The van der Waals surface area contributed by atoms with Crippen LogP contribution in [0.1, 0.15) is 30.9 Å². The number of carbonyl (C=O) groups excluding carboxylic acids is 1. The second-order valence-electron chi connectivity index (χ2n) is 4.05. The molecule has 2 aromatic rings. The van der Waals surface area contributed by atoms with Crippen LogP contribution in [0.3, 0.4) is 0 Å². The van der Waals surface area contributed by atoms with E-state index < -0.39 is 0 Å². The molecule has 0 radical (unpaired) electrons. The van der Waals surface area contributed by atoms with Crippen LogP contribution in [-0.2, 0) is 24.1 Å². The molecule has 0 fully saturated rings. The summed E-state index contributed by atoms with van der Waals surface area (Å²) < 4.78 is 5.23. The zero-order valence-electron chi connectivity index (χ0n) is 11.0. The van der Waals surface area contributed by atoms with Gasteiger partial charge in [-0.3, -0.25) is 9.78 Å². The van der Waals surface area contributed by atoms with Crippen LogP contribution in [0.2, 0.25) is 0 Å². The van der Waals surface area contributed by atoms with Crippen LogP contribution in [0.4, 0.5) is 5.82 Å². The summed E-state index contributed by atoms with van der Waals surface area (Å²) in [6, 6.07) is 0. The predicted molar refractivity (Wildman–Crippen MR) is 69.6 cm³/mol. The van der Waals surface area contributed by atoms with E-state index in [4.69, 9.17) is 4.52 Å². The van der Waals surface area contributed by atoms with Gasteiger partial charge in [-0.25, -0.2) is 4.98 Å². The van der Waals surface area contributed by atoms with E-state index in [-0.39, 0.29) is 12.3 Å². The molecule has 0 unspecified atom stereocenters. The van der Waals surface area contributed by atoms with Gasteiger partial charge < -0.3 is 9.84 Å². The van der Waals surface area contributed by atoms with E-state index in [0.29, 0.717) is 5.82 Å². The SMILES string of the molecule is CCc1noc(CC)c1CC(=O)Nc1cnccn1. The summed E-state index contributed by atoms with van der Waals surface area (Å²) in [5.74, 6) is 1.07. The Labute approximate surface area is 111 Å². The molecule has 0 atom stereocenters. The Bertz CT molecular complexity index is 530. The molecule has 2 heterocycles. The molecule has 100 valence electrons. The maximum absolute atomic E-state index is 12.0. The lowest BCUT2D eigenvalue weighted by molar-refractivity contribution is -0.115. The number of nitrogens with zero attached hydrogens (tertiary/aromatic N) is 3. The first-order chi connectivity index (χ1) is 9.24. The fourth-order valence-corrected chi connectivity index (χ4v) is 1.85. The Balaban J connectivity index is 2.08. The molecule has 1 N–H and O–H groups in total.